The third-order valence-electron chi connectivity index (χ3n) is 1.96. The first kappa shape index (κ1) is 19.7. The topological polar surface area (TPSA) is 0 Å². The minimum atomic E-state index is -7.24. The summed E-state index contributed by atoms with van der Waals surface area (Å²) in [6.45, 7) is 0. The van der Waals surface area contributed by atoms with Gasteiger partial charge in [0.15, 0.2) is 0 Å². The monoisotopic (exact) mass is 370 g/mol. The Bertz CT molecular complexity index is 346. The maximum atomic E-state index is 13.1. The van der Waals surface area contributed by atoms with Gasteiger partial charge in [-0.05, 0) is 0 Å². The zero-order valence-electron chi connectivity index (χ0n) is 8.29. The largest absolute Gasteiger partial charge is 0.458 e. The maximum Gasteiger partial charge on any atom is 0.458 e. The van der Waals surface area contributed by atoms with Crippen LogP contribution in [-0.4, -0.2) is 34.5 Å². The summed E-state index contributed by atoms with van der Waals surface area (Å²) in [6.07, 6.45) is -21.4. The van der Waals surface area contributed by atoms with Crippen LogP contribution in [0.25, 0.3) is 0 Å². The van der Waals surface area contributed by atoms with E-state index in [1.807, 2.05) is 0 Å². The van der Waals surface area contributed by atoms with Crippen molar-refractivity contribution < 1.29 is 52.7 Å². The van der Waals surface area contributed by atoms with Gasteiger partial charge in [0.2, 0.25) is 0 Å². The lowest BCUT2D eigenvalue weighted by Gasteiger charge is -2.42. The molecule has 0 spiro atoms. The fourth-order valence-electron chi connectivity index (χ4n) is 0.911. The molecule has 0 heterocycles. The molecule has 0 saturated carbocycles. The van der Waals surface area contributed by atoms with Gasteiger partial charge in [0.1, 0.15) is 0 Å². The summed E-state index contributed by atoms with van der Waals surface area (Å²) in [5.74, 6) is -7.24. The van der Waals surface area contributed by atoms with Gasteiger partial charge in [-0.1, -0.05) is 23.2 Å². The minimum absolute atomic E-state index is 3.68. The maximum absolute atomic E-state index is 13.1. The van der Waals surface area contributed by atoms with Crippen LogP contribution in [0.4, 0.5) is 52.7 Å². The van der Waals surface area contributed by atoms with Crippen LogP contribution in [0.5, 0.6) is 0 Å². The van der Waals surface area contributed by atoms with E-state index in [-0.39, 0.29) is 0 Å². The molecule has 122 valence electrons. The SMILES string of the molecule is FC(F)(F)C(F)(F)[C@@](F)(Cl)C(Cl)(C(F)(F)F)C(F)(F)F. The van der Waals surface area contributed by atoms with Crippen molar-refractivity contribution in [2.45, 2.75) is 34.5 Å². The molecular formula is C6Cl2F12. The quantitative estimate of drug-likeness (QED) is 0.463. The summed E-state index contributed by atoms with van der Waals surface area (Å²) in [5, 5.41) is -6.77. The zero-order chi connectivity index (χ0) is 17.0. The van der Waals surface area contributed by atoms with Crippen LogP contribution in [0, 0.1) is 0 Å². The van der Waals surface area contributed by atoms with Gasteiger partial charge in [-0.3, -0.25) is 0 Å². The van der Waals surface area contributed by atoms with Crippen molar-refractivity contribution in [3.05, 3.63) is 0 Å². The molecule has 0 fully saturated rings. The number of rotatable bonds is 2. The van der Waals surface area contributed by atoms with Gasteiger partial charge in [0.05, 0.1) is 0 Å². The van der Waals surface area contributed by atoms with Crippen LogP contribution in [0.1, 0.15) is 0 Å². The molecule has 0 aliphatic rings. The fourth-order valence-corrected chi connectivity index (χ4v) is 1.35. The molecule has 0 aromatic rings. The Morgan fingerprint density at radius 2 is 0.700 bits per heavy atom. The molecule has 0 unspecified atom stereocenters. The highest BCUT2D eigenvalue weighted by molar-refractivity contribution is 6.35. The Morgan fingerprint density at radius 1 is 0.450 bits per heavy atom. The van der Waals surface area contributed by atoms with E-state index in [1.165, 1.54) is 0 Å². The third kappa shape index (κ3) is 2.48. The molecule has 0 aliphatic heterocycles. The predicted octanol–water partition coefficient (Wildman–Crippen LogP) is 5.19. The number of hydrogen-bond donors (Lipinski definition) is 0. The average molecular weight is 371 g/mol. The van der Waals surface area contributed by atoms with Gasteiger partial charge in [-0.2, -0.15) is 48.3 Å². The molecule has 0 nitrogen and oxygen atoms in total. The normalized spacial score (nSPS) is 18.9. The summed E-state index contributed by atoms with van der Waals surface area (Å²) in [4.78, 5) is -6.69. The summed E-state index contributed by atoms with van der Waals surface area (Å²) in [6, 6.07) is 0. The van der Waals surface area contributed by atoms with Crippen molar-refractivity contribution in [1.29, 1.82) is 0 Å². The van der Waals surface area contributed by atoms with E-state index in [9.17, 15) is 52.7 Å². The summed E-state index contributed by atoms with van der Waals surface area (Å²) in [7, 11) is 0. The van der Waals surface area contributed by atoms with Crippen molar-refractivity contribution in [2.24, 2.45) is 0 Å². The lowest BCUT2D eigenvalue weighted by molar-refractivity contribution is -0.360. The van der Waals surface area contributed by atoms with E-state index in [0.29, 0.717) is 0 Å². The fraction of sp³-hybridized carbons (Fsp3) is 1.00. The van der Waals surface area contributed by atoms with Gasteiger partial charge in [-0.15, -0.1) is 0 Å². The lowest BCUT2D eigenvalue weighted by atomic mass is 9.94. The molecular weight excluding hydrogens is 371 g/mol. The van der Waals surface area contributed by atoms with Crippen LogP contribution < -0.4 is 0 Å². The van der Waals surface area contributed by atoms with Gasteiger partial charge in [0, 0.05) is 0 Å². The van der Waals surface area contributed by atoms with E-state index in [1.54, 1.807) is 0 Å². The summed E-state index contributed by atoms with van der Waals surface area (Å²) >= 11 is 7.42. The molecule has 0 amide bonds. The Kier molecular flexibility index (Phi) is 4.56. The first-order chi connectivity index (χ1) is 8.25. The lowest BCUT2D eigenvalue weighted by Crippen LogP contribution is -2.71. The summed E-state index contributed by atoms with van der Waals surface area (Å²) < 4.78 is 146. The van der Waals surface area contributed by atoms with Crippen molar-refractivity contribution in [1.82, 2.24) is 0 Å². The van der Waals surface area contributed by atoms with E-state index in [2.05, 4.69) is 23.2 Å². The highest BCUT2D eigenvalue weighted by Crippen LogP contribution is 2.64. The van der Waals surface area contributed by atoms with Crippen LogP contribution in [0.3, 0.4) is 0 Å². The second-order valence-electron chi connectivity index (χ2n) is 3.30. The Balaban J connectivity index is 6.38. The van der Waals surface area contributed by atoms with E-state index < -0.39 is 34.5 Å². The van der Waals surface area contributed by atoms with Crippen LogP contribution in [0.15, 0.2) is 0 Å². The molecule has 0 aromatic carbocycles. The standard InChI is InChI=1S/C6Cl2F12/c7-1(4(12,13)14,5(15,16)17)2(8,9)3(10,11)6(18,19)20/t2-/m1/s1. The molecule has 0 saturated heterocycles. The molecule has 0 N–H and O–H groups in total. The Labute approximate surface area is 111 Å². The average Bonchev–Trinajstić information content (AvgIpc) is 2.10. The molecule has 14 heteroatoms. The second kappa shape index (κ2) is 4.62. The van der Waals surface area contributed by atoms with Gasteiger partial charge < -0.3 is 0 Å². The van der Waals surface area contributed by atoms with E-state index in [4.69, 9.17) is 0 Å². The Hall–Kier alpha value is -0.260. The third-order valence-corrected chi connectivity index (χ3v) is 3.27. The minimum Gasteiger partial charge on any atom is -0.216 e. The molecule has 0 bridgehead atoms. The van der Waals surface area contributed by atoms with Crippen molar-refractivity contribution >= 4 is 23.2 Å². The number of alkyl halides is 14. The molecule has 0 rings (SSSR count). The number of halogens is 14. The molecule has 1 atom stereocenters. The van der Waals surface area contributed by atoms with Crippen LogP contribution in [-0.2, 0) is 0 Å². The highest BCUT2D eigenvalue weighted by atomic mass is 35.5. The first-order valence-electron chi connectivity index (χ1n) is 3.90. The van der Waals surface area contributed by atoms with Crippen LogP contribution in [0.2, 0.25) is 0 Å². The van der Waals surface area contributed by atoms with E-state index in [0.717, 1.165) is 0 Å². The van der Waals surface area contributed by atoms with Gasteiger partial charge in [-0.25, -0.2) is 4.39 Å². The van der Waals surface area contributed by atoms with Crippen LogP contribution >= 0.6 is 23.2 Å². The molecule has 20 heavy (non-hydrogen) atoms. The van der Waals surface area contributed by atoms with Gasteiger partial charge >= 0.3 is 24.5 Å². The molecule has 0 radical (unpaired) electrons. The van der Waals surface area contributed by atoms with Crippen molar-refractivity contribution in [3.63, 3.8) is 0 Å². The predicted molar refractivity (Wildman–Crippen MR) is 41.4 cm³/mol. The highest BCUT2D eigenvalue weighted by Gasteiger charge is 2.90. The summed E-state index contributed by atoms with van der Waals surface area (Å²) in [5.41, 5.74) is 0. The number of hydrogen-bond acceptors (Lipinski definition) is 0. The Morgan fingerprint density at radius 3 is 0.850 bits per heavy atom. The van der Waals surface area contributed by atoms with Crippen molar-refractivity contribution in [2.75, 3.05) is 0 Å². The second-order valence-corrected chi connectivity index (χ2v) is 4.39. The molecule has 0 aromatic heterocycles. The van der Waals surface area contributed by atoms with E-state index >= 15 is 0 Å². The first-order valence-corrected chi connectivity index (χ1v) is 4.65. The van der Waals surface area contributed by atoms with Gasteiger partial charge in [0.25, 0.3) is 10.0 Å². The van der Waals surface area contributed by atoms with Crippen molar-refractivity contribution in [3.8, 4) is 0 Å². The molecule has 0 aliphatic carbocycles. The zero-order valence-corrected chi connectivity index (χ0v) is 9.80. The smallest absolute Gasteiger partial charge is 0.216 e.